The summed E-state index contributed by atoms with van der Waals surface area (Å²) in [4.78, 5) is 10.3. The molecule has 0 heterocycles. The molecule has 0 spiro atoms. The summed E-state index contributed by atoms with van der Waals surface area (Å²) in [6.45, 7) is 0. The maximum Gasteiger partial charge on any atom is 0.416 e. The number of rotatable bonds is 3. The zero-order chi connectivity index (χ0) is 11.5. The van der Waals surface area contributed by atoms with E-state index < -0.39 is 11.7 Å². The fraction of sp³-hybridized carbons (Fsp3) is 0.300. The van der Waals surface area contributed by atoms with Crippen LogP contribution in [0.25, 0.3) is 0 Å². The lowest BCUT2D eigenvalue weighted by atomic mass is 10.1. The van der Waals surface area contributed by atoms with E-state index in [1.54, 1.807) is 0 Å². The van der Waals surface area contributed by atoms with E-state index >= 15 is 0 Å². The van der Waals surface area contributed by atoms with Crippen LogP contribution in [-0.2, 0) is 17.4 Å². The topological polar surface area (TPSA) is 26.3 Å². The Bertz CT molecular complexity index is 358. The largest absolute Gasteiger partial charge is 0.496 e. The molecule has 0 saturated carbocycles. The summed E-state index contributed by atoms with van der Waals surface area (Å²) in [5.41, 5.74) is -0.539. The average Bonchev–Trinajstić information content (AvgIpc) is 2.17. The summed E-state index contributed by atoms with van der Waals surface area (Å²) in [5.74, 6) is 0.287. The highest BCUT2D eigenvalue weighted by atomic mass is 19.4. The smallest absolute Gasteiger partial charge is 0.416 e. The summed E-state index contributed by atoms with van der Waals surface area (Å²) in [6, 6.07) is 3.06. The molecule has 0 unspecified atom stereocenters. The van der Waals surface area contributed by atoms with E-state index in [9.17, 15) is 18.0 Å². The summed E-state index contributed by atoms with van der Waals surface area (Å²) < 4.78 is 41.8. The number of aldehydes is 1. The lowest BCUT2D eigenvalue weighted by Crippen LogP contribution is -2.06. The summed E-state index contributed by atoms with van der Waals surface area (Å²) in [5, 5.41) is 0. The van der Waals surface area contributed by atoms with Gasteiger partial charge in [0, 0.05) is 12.0 Å². The quantitative estimate of drug-likeness (QED) is 0.728. The molecule has 0 bridgehead atoms. The van der Waals surface area contributed by atoms with E-state index in [-0.39, 0.29) is 17.7 Å². The summed E-state index contributed by atoms with van der Waals surface area (Å²) in [6.07, 6.45) is -3.95. The molecule has 0 N–H and O–H groups in total. The lowest BCUT2D eigenvalue weighted by molar-refractivity contribution is -0.137. The van der Waals surface area contributed by atoms with Crippen molar-refractivity contribution in [2.45, 2.75) is 12.6 Å². The van der Waals surface area contributed by atoms with E-state index in [0.29, 0.717) is 6.29 Å². The van der Waals surface area contributed by atoms with Crippen LogP contribution >= 0.6 is 0 Å². The molecule has 0 amide bonds. The fourth-order valence-electron chi connectivity index (χ4n) is 1.20. The molecule has 1 rings (SSSR count). The Labute approximate surface area is 84.7 Å². The average molecular weight is 218 g/mol. The number of carbonyl (C=O) groups is 1. The Morgan fingerprint density at radius 2 is 2.07 bits per heavy atom. The number of hydrogen-bond donors (Lipinski definition) is 0. The van der Waals surface area contributed by atoms with E-state index in [1.165, 1.54) is 13.2 Å². The minimum atomic E-state index is -4.40. The first kappa shape index (κ1) is 11.6. The number of alkyl halides is 3. The van der Waals surface area contributed by atoms with Crippen LogP contribution in [0, 0.1) is 0 Å². The van der Waals surface area contributed by atoms with Gasteiger partial charge >= 0.3 is 6.18 Å². The van der Waals surface area contributed by atoms with Crippen molar-refractivity contribution >= 4 is 6.29 Å². The van der Waals surface area contributed by atoms with Crippen molar-refractivity contribution in [2.75, 3.05) is 7.11 Å². The molecular formula is C10H9F3O2. The van der Waals surface area contributed by atoms with Crippen molar-refractivity contribution in [1.82, 2.24) is 0 Å². The number of carbonyl (C=O) groups excluding carboxylic acids is 1. The van der Waals surface area contributed by atoms with Crippen LogP contribution in [0.2, 0.25) is 0 Å². The minimum absolute atomic E-state index is 0.0902. The van der Waals surface area contributed by atoms with Crippen LogP contribution in [-0.4, -0.2) is 13.4 Å². The van der Waals surface area contributed by atoms with Crippen molar-refractivity contribution in [1.29, 1.82) is 0 Å². The number of methoxy groups -OCH3 is 1. The standard InChI is InChI=1S/C10H9F3O2/c1-15-9-3-2-8(10(11,12)13)6-7(9)4-5-14/h2-3,5-6H,4H2,1H3. The van der Waals surface area contributed by atoms with Gasteiger partial charge in [-0.1, -0.05) is 0 Å². The molecule has 15 heavy (non-hydrogen) atoms. The SMILES string of the molecule is COc1ccc(C(F)(F)F)cc1CC=O. The van der Waals surface area contributed by atoms with E-state index in [4.69, 9.17) is 4.74 Å². The van der Waals surface area contributed by atoms with Gasteiger partial charge in [-0.05, 0) is 18.2 Å². The molecule has 0 aliphatic heterocycles. The normalized spacial score (nSPS) is 11.2. The highest BCUT2D eigenvalue weighted by Gasteiger charge is 2.30. The van der Waals surface area contributed by atoms with E-state index in [0.717, 1.165) is 12.1 Å². The first-order chi connectivity index (χ1) is 6.99. The second-order valence-corrected chi connectivity index (χ2v) is 2.90. The molecule has 0 aliphatic rings. The van der Waals surface area contributed by atoms with Crippen LogP contribution in [0.5, 0.6) is 5.75 Å². The number of hydrogen-bond acceptors (Lipinski definition) is 2. The predicted octanol–water partition coefficient (Wildman–Crippen LogP) is 2.46. The van der Waals surface area contributed by atoms with Gasteiger partial charge in [0.25, 0.3) is 0 Å². The third kappa shape index (κ3) is 2.71. The van der Waals surface area contributed by atoms with Gasteiger partial charge < -0.3 is 9.53 Å². The summed E-state index contributed by atoms with van der Waals surface area (Å²) >= 11 is 0. The van der Waals surface area contributed by atoms with Gasteiger partial charge in [0.05, 0.1) is 12.7 Å². The van der Waals surface area contributed by atoms with Gasteiger partial charge in [0.15, 0.2) is 0 Å². The Morgan fingerprint density at radius 1 is 1.40 bits per heavy atom. The van der Waals surface area contributed by atoms with Crippen molar-refractivity contribution in [3.63, 3.8) is 0 Å². The zero-order valence-corrected chi connectivity index (χ0v) is 7.97. The fourth-order valence-corrected chi connectivity index (χ4v) is 1.20. The maximum absolute atomic E-state index is 12.3. The third-order valence-electron chi connectivity index (χ3n) is 1.91. The first-order valence-electron chi connectivity index (χ1n) is 4.16. The monoisotopic (exact) mass is 218 g/mol. The molecule has 0 radical (unpaired) electrons. The second kappa shape index (κ2) is 4.33. The Balaban J connectivity index is 3.15. The number of ether oxygens (including phenoxy) is 1. The van der Waals surface area contributed by atoms with Gasteiger partial charge in [0.1, 0.15) is 12.0 Å². The predicted molar refractivity (Wildman–Crippen MR) is 47.8 cm³/mol. The molecule has 0 atom stereocenters. The zero-order valence-electron chi connectivity index (χ0n) is 7.97. The molecule has 82 valence electrons. The number of benzene rings is 1. The molecule has 0 aliphatic carbocycles. The lowest BCUT2D eigenvalue weighted by Gasteiger charge is -2.10. The van der Waals surface area contributed by atoms with Crippen molar-refractivity contribution in [3.8, 4) is 5.75 Å². The molecule has 1 aromatic rings. The van der Waals surface area contributed by atoms with Crippen molar-refractivity contribution in [3.05, 3.63) is 29.3 Å². The second-order valence-electron chi connectivity index (χ2n) is 2.90. The van der Waals surface area contributed by atoms with E-state index in [1.807, 2.05) is 0 Å². The van der Waals surface area contributed by atoms with Gasteiger partial charge in [-0.25, -0.2) is 0 Å². The molecule has 0 fully saturated rings. The Hall–Kier alpha value is -1.52. The first-order valence-corrected chi connectivity index (χ1v) is 4.16. The summed E-state index contributed by atoms with van der Waals surface area (Å²) in [7, 11) is 1.34. The van der Waals surface area contributed by atoms with Gasteiger partial charge in [-0.15, -0.1) is 0 Å². The van der Waals surface area contributed by atoms with Crippen LogP contribution in [0.4, 0.5) is 13.2 Å². The molecule has 0 saturated heterocycles. The van der Waals surface area contributed by atoms with Gasteiger partial charge in [0.2, 0.25) is 0 Å². The molecule has 5 heteroatoms. The van der Waals surface area contributed by atoms with Crippen LogP contribution in [0.1, 0.15) is 11.1 Å². The van der Waals surface area contributed by atoms with Crippen molar-refractivity contribution < 1.29 is 22.7 Å². The van der Waals surface area contributed by atoms with Gasteiger partial charge in [-0.2, -0.15) is 13.2 Å². The number of halogens is 3. The molecule has 0 aromatic heterocycles. The van der Waals surface area contributed by atoms with Crippen LogP contribution in [0.3, 0.4) is 0 Å². The third-order valence-corrected chi connectivity index (χ3v) is 1.91. The molecule has 1 aromatic carbocycles. The van der Waals surface area contributed by atoms with Gasteiger partial charge in [-0.3, -0.25) is 0 Å². The Kier molecular flexibility index (Phi) is 3.34. The van der Waals surface area contributed by atoms with Crippen LogP contribution < -0.4 is 4.74 Å². The minimum Gasteiger partial charge on any atom is -0.496 e. The molecule has 2 nitrogen and oxygen atoms in total. The maximum atomic E-state index is 12.3. The highest BCUT2D eigenvalue weighted by Crippen LogP contribution is 2.32. The Morgan fingerprint density at radius 3 is 2.53 bits per heavy atom. The van der Waals surface area contributed by atoms with Crippen LogP contribution in [0.15, 0.2) is 18.2 Å². The van der Waals surface area contributed by atoms with Crippen molar-refractivity contribution in [2.24, 2.45) is 0 Å². The molecular weight excluding hydrogens is 209 g/mol. The highest BCUT2D eigenvalue weighted by molar-refractivity contribution is 5.58. The van der Waals surface area contributed by atoms with E-state index in [2.05, 4.69) is 0 Å².